The fourth-order valence-corrected chi connectivity index (χ4v) is 3.26. The lowest BCUT2D eigenvalue weighted by atomic mass is 9.98. The van der Waals surface area contributed by atoms with Gasteiger partial charge in [-0.1, -0.05) is 43.3 Å². The Morgan fingerprint density at radius 1 is 1.21 bits per heavy atom. The van der Waals surface area contributed by atoms with Crippen LogP contribution in [0.1, 0.15) is 35.8 Å². The van der Waals surface area contributed by atoms with Gasteiger partial charge in [0.2, 0.25) is 0 Å². The lowest BCUT2D eigenvalue weighted by Crippen LogP contribution is -2.25. The summed E-state index contributed by atoms with van der Waals surface area (Å²) in [6.07, 6.45) is 0.960. The lowest BCUT2D eigenvalue weighted by Gasteiger charge is -2.17. The van der Waals surface area contributed by atoms with Crippen LogP contribution >= 0.6 is 0 Å². The predicted octanol–water partition coefficient (Wildman–Crippen LogP) is 3.72. The predicted molar refractivity (Wildman–Crippen MR) is 111 cm³/mol. The number of aliphatic hydroxyl groups is 1. The zero-order chi connectivity index (χ0) is 20.8. The summed E-state index contributed by atoms with van der Waals surface area (Å²) in [4.78, 5) is 11.2. The largest absolute Gasteiger partial charge is 0.482 e. The molecule has 2 N–H and O–H groups in total. The van der Waals surface area contributed by atoms with Crippen LogP contribution in [0.15, 0.2) is 53.1 Å². The minimum Gasteiger partial charge on any atom is -0.482 e. The molecule has 0 saturated carbocycles. The second kappa shape index (κ2) is 9.58. The first kappa shape index (κ1) is 20.9. The smallest absolute Gasteiger partial charge is 0.343 e. The van der Waals surface area contributed by atoms with Crippen molar-refractivity contribution in [3.05, 3.63) is 65.6 Å². The highest BCUT2D eigenvalue weighted by Crippen LogP contribution is 2.26. The number of methoxy groups -OCH3 is 1. The molecule has 0 bridgehead atoms. The molecular formula is C23H27NO5. The molecule has 3 aromatic rings. The van der Waals surface area contributed by atoms with Crippen molar-refractivity contribution in [1.82, 2.24) is 5.32 Å². The molecule has 0 fully saturated rings. The number of nitrogens with one attached hydrogen (secondary N) is 1. The summed E-state index contributed by atoms with van der Waals surface area (Å²) in [6.45, 7) is 5.07. The minimum absolute atomic E-state index is 0.104. The molecule has 0 aliphatic carbocycles. The fraction of sp³-hybridized carbons (Fsp3) is 0.348. The van der Waals surface area contributed by atoms with E-state index in [4.69, 9.17) is 9.15 Å². The van der Waals surface area contributed by atoms with Gasteiger partial charge in [0, 0.05) is 23.9 Å². The number of benzene rings is 2. The van der Waals surface area contributed by atoms with Crippen molar-refractivity contribution in [2.75, 3.05) is 26.8 Å². The van der Waals surface area contributed by atoms with Crippen LogP contribution in [0.3, 0.4) is 0 Å². The molecule has 6 heteroatoms. The van der Waals surface area contributed by atoms with Gasteiger partial charge >= 0.3 is 5.97 Å². The highest BCUT2D eigenvalue weighted by molar-refractivity contribution is 5.84. The Morgan fingerprint density at radius 2 is 2.00 bits per heavy atom. The highest BCUT2D eigenvalue weighted by Gasteiger charge is 2.16. The summed E-state index contributed by atoms with van der Waals surface area (Å²) in [6, 6.07) is 13.7. The summed E-state index contributed by atoms with van der Waals surface area (Å²) in [5.41, 5.74) is 2.11. The maximum absolute atomic E-state index is 11.2. The lowest BCUT2D eigenvalue weighted by molar-refractivity contribution is -0.142. The maximum Gasteiger partial charge on any atom is 0.343 e. The Hall–Kier alpha value is -2.83. The van der Waals surface area contributed by atoms with E-state index in [-0.39, 0.29) is 12.5 Å². The molecule has 29 heavy (non-hydrogen) atoms. The van der Waals surface area contributed by atoms with Gasteiger partial charge in [0.1, 0.15) is 17.6 Å². The Kier molecular flexibility index (Phi) is 6.90. The van der Waals surface area contributed by atoms with Crippen LogP contribution in [0.4, 0.5) is 0 Å². The van der Waals surface area contributed by atoms with E-state index in [0.29, 0.717) is 24.6 Å². The zero-order valence-electron chi connectivity index (χ0n) is 17.0. The third-order valence-electron chi connectivity index (χ3n) is 4.97. The van der Waals surface area contributed by atoms with E-state index in [1.165, 1.54) is 7.11 Å². The van der Waals surface area contributed by atoms with Gasteiger partial charge < -0.3 is 24.3 Å². The van der Waals surface area contributed by atoms with Gasteiger partial charge in [0.05, 0.1) is 13.4 Å². The molecular weight excluding hydrogens is 370 g/mol. The number of aryl methyl sites for hydroxylation is 1. The van der Waals surface area contributed by atoms with E-state index in [2.05, 4.69) is 23.0 Å². The number of aliphatic hydroxyl groups excluding tert-OH is 1. The van der Waals surface area contributed by atoms with E-state index < -0.39 is 12.1 Å². The van der Waals surface area contributed by atoms with Crippen LogP contribution in [0.5, 0.6) is 5.75 Å². The van der Waals surface area contributed by atoms with Gasteiger partial charge in [0.15, 0.2) is 6.61 Å². The fourth-order valence-electron chi connectivity index (χ4n) is 3.26. The molecule has 0 spiro atoms. The van der Waals surface area contributed by atoms with Crippen molar-refractivity contribution in [3.8, 4) is 5.75 Å². The first-order chi connectivity index (χ1) is 14.0. The van der Waals surface area contributed by atoms with Crippen LogP contribution in [0.25, 0.3) is 10.8 Å². The summed E-state index contributed by atoms with van der Waals surface area (Å²) in [7, 11) is 1.33. The summed E-state index contributed by atoms with van der Waals surface area (Å²) in [5.74, 6) is 1.08. The molecule has 0 aliphatic rings. The first-order valence-electron chi connectivity index (χ1n) is 9.64. The molecule has 3 rings (SSSR count). The SMILES string of the molecule is COC(=O)COc1ccc(C(C)CNCC(O)c2occ3ccccc23)cc1C. The van der Waals surface area contributed by atoms with Gasteiger partial charge in [-0.15, -0.1) is 0 Å². The molecule has 0 radical (unpaired) electrons. The van der Waals surface area contributed by atoms with E-state index in [9.17, 15) is 9.90 Å². The van der Waals surface area contributed by atoms with Gasteiger partial charge in [0.25, 0.3) is 0 Å². The number of hydrogen-bond donors (Lipinski definition) is 2. The second-order valence-corrected chi connectivity index (χ2v) is 7.15. The Balaban J connectivity index is 1.53. The summed E-state index contributed by atoms with van der Waals surface area (Å²) >= 11 is 0. The van der Waals surface area contributed by atoms with E-state index in [1.54, 1.807) is 6.26 Å². The highest BCUT2D eigenvalue weighted by atomic mass is 16.6. The van der Waals surface area contributed by atoms with Gasteiger partial charge in [-0.25, -0.2) is 4.79 Å². The van der Waals surface area contributed by atoms with Crippen LogP contribution in [-0.4, -0.2) is 37.9 Å². The van der Waals surface area contributed by atoms with Crippen molar-refractivity contribution in [2.45, 2.75) is 25.9 Å². The zero-order valence-corrected chi connectivity index (χ0v) is 17.0. The van der Waals surface area contributed by atoms with Crippen molar-refractivity contribution in [2.24, 2.45) is 0 Å². The molecule has 6 nitrogen and oxygen atoms in total. The number of carbonyl (C=O) groups is 1. The van der Waals surface area contributed by atoms with Crippen LogP contribution in [-0.2, 0) is 9.53 Å². The number of hydrogen-bond acceptors (Lipinski definition) is 6. The van der Waals surface area contributed by atoms with Crippen LogP contribution < -0.4 is 10.1 Å². The molecule has 2 aromatic carbocycles. The summed E-state index contributed by atoms with van der Waals surface area (Å²) in [5, 5.41) is 15.7. The molecule has 154 valence electrons. The number of furan rings is 1. The molecule has 0 amide bonds. The quantitative estimate of drug-likeness (QED) is 0.536. The molecule has 2 unspecified atom stereocenters. The van der Waals surface area contributed by atoms with Crippen LogP contribution in [0, 0.1) is 6.92 Å². The standard InChI is InChI=1S/C23H27NO5/c1-15-10-17(8-9-21(15)28-14-22(26)27-3)16(2)11-24-12-20(25)23-19-7-5-4-6-18(19)13-29-23/h4-10,13,16,20,24-25H,11-12,14H2,1-3H3. The van der Waals surface area contributed by atoms with E-state index in [1.807, 2.05) is 43.3 Å². The Bertz CT molecular complexity index is 965. The first-order valence-corrected chi connectivity index (χ1v) is 9.64. The minimum atomic E-state index is -0.710. The number of carbonyl (C=O) groups excluding carboxylic acids is 1. The second-order valence-electron chi connectivity index (χ2n) is 7.15. The van der Waals surface area contributed by atoms with Crippen LogP contribution in [0.2, 0.25) is 0 Å². The van der Waals surface area contributed by atoms with Crippen molar-refractivity contribution >= 4 is 16.7 Å². The third kappa shape index (κ3) is 5.16. The molecule has 0 saturated heterocycles. The number of fused-ring (bicyclic) bond motifs is 1. The van der Waals surface area contributed by atoms with Crippen molar-refractivity contribution in [1.29, 1.82) is 0 Å². The van der Waals surface area contributed by atoms with E-state index >= 15 is 0 Å². The molecule has 1 heterocycles. The van der Waals surface area contributed by atoms with Gasteiger partial charge in [-0.3, -0.25) is 0 Å². The third-order valence-corrected chi connectivity index (χ3v) is 4.97. The number of esters is 1. The van der Waals surface area contributed by atoms with Gasteiger partial charge in [-0.2, -0.15) is 0 Å². The molecule has 0 aliphatic heterocycles. The Labute approximate surface area is 170 Å². The van der Waals surface area contributed by atoms with E-state index in [0.717, 1.165) is 21.9 Å². The molecule has 2 atom stereocenters. The number of ether oxygens (including phenoxy) is 2. The molecule has 1 aromatic heterocycles. The number of rotatable bonds is 9. The van der Waals surface area contributed by atoms with Gasteiger partial charge in [-0.05, 0) is 30.0 Å². The summed E-state index contributed by atoms with van der Waals surface area (Å²) < 4.78 is 15.6. The average molecular weight is 397 g/mol. The average Bonchev–Trinajstić information content (AvgIpc) is 3.16. The Morgan fingerprint density at radius 3 is 2.76 bits per heavy atom. The van der Waals surface area contributed by atoms with Crippen molar-refractivity contribution < 1.29 is 23.8 Å². The topological polar surface area (TPSA) is 80.9 Å². The maximum atomic E-state index is 11.2. The normalized spacial score (nSPS) is 13.2. The monoisotopic (exact) mass is 397 g/mol. The van der Waals surface area contributed by atoms with Crippen molar-refractivity contribution in [3.63, 3.8) is 0 Å².